The van der Waals surface area contributed by atoms with Crippen LogP contribution in [0, 0.1) is 0 Å². The number of fused-ring (bicyclic) bond motifs is 2. The molecule has 1 aliphatic rings. The molecule has 1 aromatic carbocycles. The molecule has 1 amide bonds. The molecule has 0 aliphatic carbocycles. The summed E-state index contributed by atoms with van der Waals surface area (Å²) < 4.78 is 0. The molecule has 1 saturated heterocycles. The number of nitrogens with one attached hydrogen (secondary N) is 2. The van der Waals surface area contributed by atoms with Crippen LogP contribution >= 0.6 is 0 Å². The van der Waals surface area contributed by atoms with Crippen LogP contribution in [0.5, 0.6) is 0 Å². The number of rotatable bonds is 2. The number of likely N-dealkylation sites (N-methyl/N-ethyl adjacent to an activating group) is 1. The summed E-state index contributed by atoms with van der Waals surface area (Å²) >= 11 is 0. The van der Waals surface area contributed by atoms with Gasteiger partial charge in [0.15, 0.2) is 5.82 Å². The van der Waals surface area contributed by atoms with E-state index in [0.29, 0.717) is 17.2 Å². The van der Waals surface area contributed by atoms with Crippen LogP contribution in [0.2, 0.25) is 0 Å². The maximum atomic E-state index is 12.9. The Kier molecular flexibility index (Phi) is 3.80. The lowest BCUT2D eigenvalue weighted by molar-refractivity contribution is 0.0659. The third kappa shape index (κ3) is 2.69. The van der Waals surface area contributed by atoms with Crippen molar-refractivity contribution in [3.63, 3.8) is 0 Å². The van der Waals surface area contributed by atoms with Gasteiger partial charge in [-0.1, -0.05) is 6.07 Å². The summed E-state index contributed by atoms with van der Waals surface area (Å²) in [6.45, 7) is 3.26. The second-order valence-corrected chi connectivity index (χ2v) is 7.27. The average Bonchev–Trinajstić information content (AvgIpc) is 3.31. The number of carbonyl (C=O) groups excluding carboxylic acids is 1. The van der Waals surface area contributed by atoms with Crippen molar-refractivity contribution in [2.24, 2.45) is 0 Å². The number of amides is 1. The number of pyridine rings is 1. The highest BCUT2D eigenvalue weighted by molar-refractivity contribution is 6.03. The van der Waals surface area contributed by atoms with Gasteiger partial charge in [-0.25, -0.2) is 4.98 Å². The number of carbonyl (C=O) groups is 1. The highest BCUT2D eigenvalue weighted by atomic mass is 16.2. The molecule has 0 radical (unpaired) electrons. The molecule has 28 heavy (non-hydrogen) atoms. The second-order valence-electron chi connectivity index (χ2n) is 7.27. The van der Waals surface area contributed by atoms with Gasteiger partial charge in [0.25, 0.3) is 5.91 Å². The number of nitrogen functional groups attached to an aromatic ring is 1. The predicted octanol–water partition coefficient (Wildman–Crippen LogP) is 2.08. The smallest absolute Gasteiger partial charge is 0.270 e. The fourth-order valence-corrected chi connectivity index (χ4v) is 3.78. The van der Waals surface area contributed by atoms with Gasteiger partial charge in [0.2, 0.25) is 0 Å². The van der Waals surface area contributed by atoms with E-state index in [1.54, 1.807) is 6.20 Å². The minimum atomic E-state index is 0.0200. The molecule has 1 aliphatic heterocycles. The number of nitrogens with two attached hydrogens (primary N) is 1. The van der Waals surface area contributed by atoms with E-state index in [9.17, 15) is 4.79 Å². The van der Waals surface area contributed by atoms with Crippen molar-refractivity contribution >= 4 is 33.7 Å². The number of aromatic nitrogens is 4. The lowest BCUT2D eigenvalue weighted by Gasteiger charge is -2.32. The van der Waals surface area contributed by atoms with Crippen molar-refractivity contribution in [3.8, 4) is 11.1 Å². The minimum Gasteiger partial charge on any atom is -0.382 e. The molecule has 4 heterocycles. The Labute approximate surface area is 161 Å². The average molecular weight is 375 g/mol. The van der Waals surface area contributed by atoms with Crippen LogP contribution in [-0.4, -0.2) is 69.1 Å². The van der Waals surface area contributed by atoms with Gasteiger partial charge in [-0.3, -0.25) is 9.89 Å². The minimum absolute atomic E-state index is 0.0200. The molecule has 8 heteroatoms. The van der Waals surface area contributed by atoms with Crippen LogP contribution in [0.25, 0.3) is 33.1 Å². The van der Waals surface area contributed by atoms with Crippen molar-refractivity contribution in [3.05, 3.63) is 42.2 Å². The fraction of sp³-hybridized carbons (Fsp3) is 0.250. The molecule has 3 aromatic heterocycles. The van der Waals surface area contributed by atoms with Crippen LogP contribution in [0.1, 0.15) is 10.5 Å². The first kappa shape index (κ1) is 16.8. The third-order valence-corrected chi connectivity index (χ3v) is 5.46. The van der Waals surface area contributed by atoms with Crippen molar-refractivity contribution < 1.29 is 4.79 Å². The Morgan fingerprint density at radius 1 is 1.11 bits per heavy atom. The van der Waals surface area contributed by atoms with Gasteiger partial charge in [0.05, 0.1) is 5.52 Å². The Balaban J connectivity index is 1.55. The number of anilines is 1. The van der Waals surface area contributed by atoms with E-state index in [1.165, 1.54) is 0 Å². The lowest BCUT2D eigenvalue weighted by atomic mass is 10.0. The highest BCUT2D eigenvalue weighted by Crippen LogP contribution is 2.31. The van der Waals surface area contributed by atoms with Crippen LogP contribution in [0.4, 0.5) is 5.82 Å². The van der Waals surface area contributed by atoms with Gasteiger partial charge in [0, 0.05) is 43.1 Å². The van der Waals surface area contributed by atoms with E-state index < -0.39 is 0 Å². The van der Waals surface area contributed by atoms with Crippen LogP contribution in [-0.2, 0) is 0 Å². The topological polar surface area (TPSA) is 107 Å². The molecule has 142 valence electrons. The number of nitrogens with zero attached hydrogens (tertiary/aromatic N) is 4. The molecule has 0 bridgehead atoms. The van der Waals surface area contributed by atoms with Crippen LogP contribution in [0.3, 0.4) is 0 Å². The van der Waals surface area contributed by atoms with Crippen LogP contribution in [0.15, 0.2) is 36.5 Å². The Morgan fingerprint density at radius 3 is 2.75 bits per heavy atom. The molecule has 5 rings (SSSR count). The van der Waals surface area contributed by atoms with E-state index in [1.807, 2.05) is 35.2 Å². The summed E-state index contributed by atoms with van der Waals surface area (Å²) in [6, 6.07) is 9.85. The Hall–Kier alpha value is -3.39. The normalized spacial score (nSPS) is 15.5. The maximum absolute atomic E-state index is 12.9. The fourth-order valence-electron chi connectivity index (χ4n) is 3.78. The van der Waals surface area contributed by atoms with E-state index in [0.717, 1.165) is 53.6 Å². The van der Waals surface area contributed by atoms with E-state index in [4.69, 9.17) is 5.73 Å². The SMILES string of the molecule is CN1CCN(C(=O)c2cc3c(-c4ccc5[nH]nc(N)c5c4)ccnc3[nH]2)CC1. The van der Waals surface area contributed by atoms with Crippen molar-refractivity contribution in [2.75, 3.05) is 39.0 Å². The van der Waals surface area contributed by atoms with Gasteiger partial charge in [-0.2, -0.15) is 5.10 Å². The Morgan fingerprint density at radius 2 is 1.93 bits per heavy atom. The first-order valence-corrected chi connectivity index (χ1v) is 9.29. The number of H-pyrrole nitrogens is 2. The van der Waals surface area contributed by atoms with Crippen molar-refractivity contribution in [2.45, 2.75) is 0 Å². The molecule has 8 nitrogen and oxygen atoms in total. The quantitative estimate of drug-likeness (QED) is 0.497. The van der Waals surface area contributed by atoms with Gasteiger partial charge in [-0.15, -0.1) is 0 Å². The zero-order valence-electron chi connectivity index (χ0n) is 15.6. The maximum Gasteiger partial charge on any atom is 0.270 e. The molecule has 4 aromatic rings. The van der Waals surface area contributed by atoms with E-state index >= 15 is 0 Å². The summed E-state index contributed by atoms with van der Waals surface area (Å²) in [6.07, 6.45) is 1.75. The van der Waals surface area contributed by atoms with Gasteiger partial charge >= 0.3 is 0 Å². The standard InChI is InChI=1S/C20H21N7O/c1-26-6-8-27(9-7-26)20(28)17-11-14-13(4-5-22-19(14)23-17)12-2-3-16-15(10-12)18(21)25-24-16/h2-5,10-11H,6-9H2,1H3,(H,22,23)(H3,21,24,25). The molecule has 0 saturated carbocycles. The zero-order chi connectivity index (χ0) is 19.3. The summed E-state index contributed by atoms with van der Waals surface area (Å²) in [7, 11) is 2.07. The van der Waals surface area contributed by atoms with Gasteiger partial charge < -0.3 is 20.5 Å². The molecule has 0 atom stereocenters. The number of aromatic amines is 2. The second kappa shape index (κ2) is 6.35. The number of hydrogen-bond acceptors (Lipinski definition) is 5. The lowest BCUT2D eigenvalue weighted by Crippen LogP contribution is -2.47. The van der Waals surface area contributed by atoms with E-state index in [-0.39, 0.29) is 5.91 Å². The zero-order valence-corrected chi connectivity index (χ0v) is 15.6. The first-order chi connectivity index (χ1) is 13.6. The summed E-state index contributed by atoms with van der Waals surface area (Å²) in [5.74, 6) is 0.494. The summed E-state index contributed by atoms with van der Waals surface area (Å²) in [5.41, 5.74) is 10.1. The molecule has 0 spiro atoms. The molecular weight excluding hydrogens is 354 g/mol. The molecule has 4 N–H and O–H groups in total. The van der Waals surface area contributed by atoms with Crippen molar-refractivity contribution in [1.82, 2.24) is 30.0 Å². The highest BCUT2D eigenvalue weighted by Gasteiger charge is 2.22. The van der Waals surface area contributed by atoms with Crippen LogP contribution < -0.4 is 5.73 Å². The number of piperazine rings is 1. The first-order valence-electron chi connectivity index (χ1n) is 9.29. The summed E-state index contributed by atoms with van der Waals surface area (Å²) in [4.78, 5) is 24.7. The van der Waals surface area contributed by atoms with E-state index in [2.05, 4.69) is 32.1 Å². The third-order valence-electron chi connectivity index (χ3n) is 5.46. The summed E-state index contributed by atoms with van der Waals surface area (Å²) in [5, 5.41) is 8.77. The number of hydrogen-bond donors (Lipinski definition) is 3. The number of benzene rings is 1. The molecule has 0 unspecified atom stereocenters. The van der Waals surface area contributed by atoms with Gasteiger partial charge in [-0.05, 0) is 42.4 Å². The molecular formula is C20H21N7O. The van der Waals surface area contributed by atoms with Gasteiger partial charge in [0.1, 0.15) is 11.3 Å². The largest absolute Gasteiger partial charge is 0.382 e. The molecule has 1 fully saturated rings. The Bertz CT molecular complexity index is 1180. The monoisotopic (exact) mass is 375 g/mol. The van der Waals surface area contributed by atoms with Crippen molar-refractivity contribution in [1.29, 1.82) is 0 Å². The predicted molar refractivity (Wildman–Crippen MR) is 109 cm³/mol.